The summed E-state index contributed by atoms with van der Waals surface area (Å²) in [5.41, 5.74) is 2.01. The Morgan fingerprint density at radius 2 is 1.79 bits per heavy atom. The topological polar surface area (TPSA) is 85.1 Å². The van der Waals surface area contributed by atoms with Crippen LogP contribution >= 0.6 is 0 Å². The highest BCUT2D eigenvalue weighted by molar-refractivity contribution is 5.57. The minimum Gasteiger partial charge on any atom is -0.489 e. The lowest BCUT2D eigenvalue weighted by atomic mass is 10.2. The third kappa shape index (κ3) is 4.85. The van der Waals surface area contributed by atoms with Crippen molar-refractivity contribution in [1.82, 2.24) is 15.2 Å². The Hall–Kier alpha value is -3.87. The molecule has 28 heavy (non-hydrogen) atoms. The van der Waals surface area contributed by atoms with Crippen molar-refractivity contribution >= 4 is 17.5 Å². The van der Waals surface area contributed by atoms with Gasteiger partial charge < -0.3 is 19.8 Å². The lowest BCUT2D eigenvalue weighted by molar-refractivity contribution is 0.306. The normalized spacial score (nSPS) is 10.4. The molecule has 0 fully saturated rings. The second kappa shape index (κ2) is 8.68. The molecule has 2 N–H and O–H groups in total. The summed E-state index contributed by atoms with van der Waals surface area (Å²) in [5.74, 6) is 2.61. The van der Waals surface area contributed by atoms with Gasteiger partial charge in [0.1, 0.15) is 18.1 Å². The van der Waals surface area contributed by atoms with E-state index in [0.717, 1.165) is 22.8 Å². The molecule has 2 heterocycles. The van der Waals surface area contributed by atoms with Crippen molar-refractivity contribution in [3.05, 3.63) is 90.5 Å². The number of hydrogen-bond donors (Lipinski definition) is 2. The van der Waals surface area contributed by atoms with Gasteiger partial charge in [-0.3, -0.25) is 0 Å². The lowest BCUT2D eigenvalue weighted by Gasteiger charge is -2.09. The third-order valence-electron chi connectivity index (χ3n) is 3.93. The number of rotatable bonds is 8. The van der Waals surface area contributed by atoms with E-state index in [1.54, 1.807) is 12.5 Å². The summed E-state index contributed by atoms with van der Waals surface area (Å²) >= 11 is 0. The van der Waals surface area contributed by atoms with Crippen LogP contribution in [-0.2, 0) is 13.2 Å². The van der Waals surface area contributed by atoms with Gasteiger partial charge in [-0.05, 0) is 42.0 Å². The fraction of sp³-hybridized carbons (Fsp3) is 0.0952. The highest BCUT2D eigenvalue weighted by Crippen LogP contribution is 2.20. The number of hydrogen-bond acceptors (Lipinski definition) is 7. The van der Waals surface area contributed by atoms with Gasteiger partial charge in [-0.2, -0.15) is 10.1 Å². The summed E-state index contributed by atoms with van der Waals surface area (Å²) < 4.78 is 11.1. The molecule has 2 aromatic carbocycles. The molecule has 7 nitrogen and oxygen atoms in total. The van der Waals surface area contributed by atoms with E-state index >= 15 is 0 Å². The van der Waals surface area contributed by atoms with Gasteiger partial charge in [-0.1, -0.05) is 30.3 Å². The Kier molecular flexibility index (Phi) is 5.44. The van der Waals surface area contributed by atoms with Crippen LogP contribution in [0.15, 0.2) is 83.6 Å². The van der Waals surface area contributed by atoms with Gasteiger partial charge in [-0.25, -0.2) is 0 Å². The van der Waals surface area contributed by atoms with E-state index in [1.807, 2.05) is 66.7 Å². The number of furan rings is 1. The van der Waals surface area contributed by atoms with E-state index in [0.29, 0.717) is 24.9 Å². The van der Waals surface area contributed by atoms with Gasteiger partial charge in [0, 0.05) is 5.69 Å². The molecule has 0 unspecified atom stereocenters. The zero-order chi connectivity index (χ0) is 19.0. The molecule has 140 valence electrons. The van der Waals surface area contributed by atoms with Gasteiger partial charge in [0.25, 0.3) is 0 Å². The van der Waals surface area contributed by atoms with E-state index in [2.05, 4.69) is 25.8 Å². The second-order valence-electron chi connectivity index (χ2n) is 6.02. The first-order valence-electron chi connectivity index (χ1n) is 8.85. The number of anilines is 3. The van der Waals surface area contributed by atoms with Crippen LogP contribution in [0.25, 0.3) is 0 Å². The van der Waals surface area contributed by atoms with Gasteiger partial charge >= 0.3 is 0 Å². The van der Waals surface area contributed by atoms with Gasteiger partial charge in [0.2, 0.25) is 5.95 Å². The fourth-order valence-electron chi connectivity index (χ4n) is 2.54. The molecule has 0 saturated carbocycles. The van der Waals surface area contributed by atoms with Crippen molar-refractivity contribution < 1.29 is 9.15 Å². The minimum absolute atomic E-state index is 0.421. The van der Waals surface area contributed by atoms with Crippen LogP contribution in [0.1, 0.15) is 11.3 Å². The molecule has 0 amide bonds. The van der Waals surface area contributed by atoms with Gasteiger partial charge in [0.05, 0.1) is 19.0 Å². The SMILES string of the molecule is c1ccc(COc2ccc(Nc3cnnc(NCc4ccco4)n3)cc2)cc1. The van der Waals surface area contributed by atoms with Gasteiger partial charge in [-0.15, -0.1) is 5.10 Å². The Balaban J connectivity index is 1.33. The van der Waals surface area contributed by atoms with Crippen molar-refractivity contribution in [3.8, 4) is 5.75 Å². The van der Waals surface area contributed by atoms with Gasteiger partial charge in [0.15, 0.2) is 5.82 Å². The maximum atomic E-state index is 5.80. The fourth-order valence-corrected chi connectivity index (χ4v) is 2.54. The molecular formula is C21H19N5O2. The van der Waals surface area contributed by atoms with Crippen molar-refractivity contribution in [2.75, 3.05) is 10.6 Å². The number of nitrogens with zero attached hydrogens (tertiary/aromatic N) is 3. The van der Waals surface area contributed by atoms with Crippen LogP contribution in [0.4, 0.5) is 17.5 Å². The van der Waals surface area contributed by atoms with Crippen LogP contribution in [-0.4, -0.2) is 15.2 Å². The van der Waals surface area contributed by atoms with Crippen LogP contribution in [0.2, 0.25) is 0 Å². The first-order valence-corrected chi connectivity index (χ1v) is 8.85. The van der Waals surface area contributed by atoms with Crippen LogP contribution < -0.4 is 15.4 Å². The predicted octanol–water partition coefficient (Wildman–Crippen LogP) is 4.40. The molecule has 0 saturated heterocycles. The van der Waals surface area contributed by atoms with Crippen molar-refractivity contribution in [2.45, 2.75) is 13.2 Å². The molecule has 4 aromatic rings. The number of benzene rings is 2. The monoisotopic (exact) mass is 373 g/mol. The third-order valence-corrected chi connectivity index (χ3v) is 3.93. The van der Waals surface area contributed by atoms with Crippen LogP contribution in [0.3, 0.4) is 0 Å². The predicted molar refractivity (Wildman–Crippen MR) is 106 cm³/mol. The molecule has 0 aliphatic carbocycles. The number of aromatic nitrogens is 3. The number of nitrogens with one attached hydrogen (secondary N) is 2. The highest BCUT2D eigenvalue weighted by atomic mass is 16.5. The summed E-state index contributed by atoms with van der Waals surface area (Å²) in [4.78, 5) is 4.40. The van der Waals surface area contributed by atoms with Crippen molar-refractivity contribution in [2.24, 2.45) is 0 Å². The van der Waals surface area contributed by atoms with Crippen LogP contribution in [0, 0.1) is 0 Å². The zero-order valence-electron chi connectivity index (χ0n) is 15.1. The Bertz CT molecular complexity index is 989. The highest BCUT2D eigenvalue weighted by Gasteiger charge is 2.03. The molecule has 0 aliphatic heterocycles. The molecule has 0 radical (unpaired) electrons. The molecule has 0 spiro atoms. The maximum Gasteiger partial charge on any atom is 0.245 e. The smallest absolute Gasteiger partial charge is 0.245 e. The molecule has 4 rings (SSSR count). The quantitative estimate of drug-likeness (QED) is 0.473. The first-order chi connectivity index (χ1) is 13.8. The largest absolute Gasteiger partial charge is 0.489 e. The second-order valence-corrected chi connectivity index (χ2v) is 6.02. The minimum atomic E-state index is 0.421. The summed E-state index contributed by atoms with van der Waals surface area (Å²) in [6.07, 6.45) is 3.19. The van der Waals surface area contributed by atoms with E-state index in [1.165, 1.54) is 0 Å². The van der Waals surface area contributed by atoms with E-state index in [4.69, 9.17) is 9.15 Å². The molecular weight excluding hydrogens is 354 g/mol. The standard InChI is InChI=1S/C21H19N5O2/c1-2-5-16(6-3-1)15-28-18-10-8-17(9-11-18)24-20-14-23-26-21(25-20)22-13-19-7-4-12-27-19/h1-12,14H,13,15H2,(H2,22,24,25,26). The lowest BCUT2D eigenvalue weighted by Crippen LogP contribution is -2.05. The number of ether oxygens (including phenoxy) is 1. The maximum absolute atomic E-state index is 5.80. The van der Waals surface area contributed by atoms with Crippen LogP contribution in [0.5, 0.6) is 5.75 Å². The Morgan fingerprint density at radius 3 is 2.57 bits per heavy atom. The van der Waals surface area contributed by atoms with E-state index in [-0.39, 0.29) is 0 Å². The Morgan fingerprint density at radius 1 is 0.929 bits per heavy atom. The molecule has 0 aliphatic rings. The summed E-state index contributed by atoms with van der Waals surface area (Å²) in [6.45, 7) is 1.03. The van der Waals surface area contributed by atoms with E-state index < -0.39 is 0 Å². The summed E-state index contributed by atoms with van der Waals surface area (Å²) in [7, 11) is 0. The zero-order valence-corrected chi connectivity index (χ0v) is 15.1. The molecule has 2 aromatic heterocycles. The average Bonchev–Trinajstić information content (AvgIpc) is 3.27. The van der Waals surface area contributed by atoms with Crippen molar-refractivity contribution in [3.63, 3.8) is 0 Å². The molecule has 0 bridgehead atoms. The first kappa shape index (κ1) is 17.5. The molecule has 7 heteroatoms. The average molecular weight is 373 g/mol. The summed E-state index contributed by atoms with van der Waals surface area (Å²) in [5, 5.41) is 14.2. The van der Waals surface area contributed by atoms with E-state index in [9.17, 15) is 0 Å². The Labute approximate surface area is 162 Å². The molecule has 0 atom stereocenters. The van der Waals surface area contributed by atoms with Crippen molar-refractivity contribution in [1.29, 1.82) is 0 Å². The summed E-state index contributed by atoms with van der Waals surface area (Å²) in [6, 6.07) is 21.5.